The molecule has 33 heavy (non-hydrogen) atoms. The van der Waals surface area contributed by atoms with E-state index in [0.29, 0.717) is 43.2 Å². The van der Waals surface area contributed by atoms with E-state index in [-0.39, 0.29) is 33.4 Å². The molecule has 0 aliphatic carbocycles. The molecule has 0 aromatic heterocycles. The summed E-state index contributed by atoms with van der Waals surface area (Å²) in [4.78, 5) is 70.3. The number of hydrogen-bond donors (Lipinski definition) is 2. The Labute approximate surface area is 185 Å². The number of aryl methyl sites for hydroxylation is 2. The van der Waals surface area contributed by atoms with Crippen molar-refractivity contribution in [1.29, 1.82) is 0 Å². The molecule has 0 radical (unpaired) electrons. The van der Waals surface area contributed by atoms with Crippen molar-refractivity contribution in [3.63, 3.8) is 0 Å². The van der Waals surface area contributed by atoms with E-state index in [4.69, 9.17) is 0 Å². The first-order valence-corrected chi connectivity index (χ1v) is 10.0. The molecule has 10 nitrogen and oxygen atoms in total. The zero-order valence-corrected chi connectivity index (χ0v) is 17.0. The number of carboxylic acids is 2. The molecular weight excluding hydrogens is 436 g/mol. The lowest BCUT2D eigenvalue weighted by Gasteiger charge is -2.09. The standard InChI is InChI=1S/C23H16O10/c24-18(25)12-6-10(16-14(8-12)20(28)32-22(16)30)4-2-1-3-5-11-7-13(19(26)27)9-15-17(11)23(31)33-21(15)29/h6-9H,1-5H2,(H,24,25)(H,26,27). The number of unbranched alkanes of at least 4 members (excludes halogenated alkanes) is 2. The number of ether oxygens (including phenoxy) is 2. The fourth-order valence-corrected chi connectivity index (χ4v) is 4.04. The maximum atomic E-state index is 12.0. The van der Waals surface area contributed by atoms with Crippen molar-refractivity contribution in [1.82, 2.24) is 0 Å². The number of carbonyl (C=O) groups excluding carboxylic acids is 4. The number of fused-ring (bicyclic) bond motifs is 2. The molecule has 0 amide bonds. The lowest BCUT2D eigenvalue weighted by atomic mass is 9.93. The van der Waals surface area contributed by atoms with E-state index >= 15 is 0 Å². The molecule has 2 aliphatic heterocycles. The van der Waals surface area contributed by atoms with Crippen molar-refractivity contribution < 1.29 is 48.5 Å². The smallest absolute Gasteiger partial charge is 0.347 e. The normalized spacial score (nSPS) is 14.1. The molecule has 0 saturated heterocycles. The van der Waals surface area contributed by atoms with Crippen molar-refractivity contribution in [2.24, 2.45) is 0 Å². The van der Waals surface area contributed by atoms with E-state index in [1.165, 1.54) is 12.1 Å². The van der Waals surface area contributed by atoms with E-state index in [1.807, 2.05) is 0 Å². The first kappa shape index (κ1) is 21.9. The summed E-state index contributed by atoms with van der Waals surface area (Å²) in [5.41, 5.74) is 0.529. The number of aromatic carboxylic acids is 2. The summed E-state index contributed by atoms with van der Waals surface area (Å²) < 4.78 is 9.19. The lowest BCUT2D eigenvalue weighted by Crippen LogP contribution is -2.06. The highest BCUT2D eigenvalue weighted by Crippen LogP contribution is 2.29. The highest BCUT2D eigenvalue weighted by molar-refractivity contribution is 6.17. The van der Waals surface area contributed by atoms with Gasteiger partial charge in [0.25, 0.3) is 0 Å². The van der Waals surface area contributed by atoms with Crippen molar-refractivity contribution in [3.05, 3.63) is 68.8 Å². The van der Waals surface area contributed by atoms with Gasteiger partial charge >= 0.3 is 35.8 Å². The number of carboxylic acid groups (broad SMARTS) is 2. The summed E-state index contributed by atoms with van der Waals surface area (Å²) in [5.74, 6) is -5.86. The minimum absolute atomic E-state index is 0.0678. The number of benzene rings is 2. The largest absolute Gasteiger partial charge is 0.478 e. The molecule has 10 heteroatoms. The van der Waals surface area contributed by atoms with E-state index in [2.05, 4.69) is 9.47 Å². The predicted octanol–water partition coefficient (Wildman–Crippen LogP) is 2.66. The van der Waals surface area contributed by atoms with Crippen molar-refractivity contribution in [3.8, 4) is 0 Å². The monoisotopic (exact) mass is 452 g/mol. The molecule has 2 heterocycles. The van der Waals surface area contributed by atoms with Crippen LogP contribution in [0.4, 0.5) is 0 Å². The van der Waals surface area contributed by atoms with Gasteiger partial charge in [-0.25, -0.2) is 28.8 Å². The quantitative estimate of drug-likeness (QED) is 0.346. The van der Waals surface area contributed by atoms with Crippen LogP contribution in [0.3, 0.4) is 0 Å². The van der Waals surface area contributed by atoms with E-state index in [1.54, 1.807) is 0 Å². The van der Waals surface area contributed by atoms with Crippen LogP contribution in [-0.2, 0) is 22.3 Å². The van der Waals surface area contributed by atoms with Gasteiger partial charge in [0.05, 0.1) is 33.4 Å². The number of carbonyl (C=O) groups is 6. The van der Waals surface area contributed by atoms with Crippen LogP contribution in [0.1, 0.15) is 92.5 Å². The van der Waals surface area contributed by atoms with Gasteiger partial charge in [-0.15, -0.1) is 0 Å². The van der Waals surface area contributed by atoms with Gasteiger partial charge in [0.15, 0.2) is 0 Å². The summed E-state index contributed by atoms with van der Waals surface area (Å²) in [7, 11) is 0. The van der Waals surface area contributed by atoms with Gasteiger partial charge in [-0.1, -0.05) is 6.42 Å². The summed E-state index contributed by atoms with van der Waals surface area (Å²) in [6.45, 7) is 0. The van der Waals surface area contributed by atoms with Crippen LogP contribution in [0.25, 0.3) is 0 Å². The zero-order valence-electron chi connectivity index (χ0n) is 17.0. The molecule has 0 spiro atoms. The molecule has 2 N–H and O–H groups in total. The number of hydrogen-bond acceptors (Lipinski definition) is 8. The maximum absolute atomic E-state index is 12.0. The van der Waals surface area contributed by atoms with Crippen LogP contribution in [-0.4, -0.2) is 46.0 Å². The van der Waals surface area contributed by atoms with Gasteiger partial charge < -0.3 is 19.7 Å². The van der Waals surface area contributed by atoms with Crippen molar-refractivity contribution >= 4 is 35.8 Å². The summed E-state index contributed by atoms with van der Waals surface area (Å²) in [6, 6.07) is 4.91. The molecule has 0 atom stereocenters. The SMILES string of the molecule is O=C(O)c1cc(CCCCCc2cc(C(=O)O)cc3c2C(=O)OC3=O)c2c(c1)C(=O)OC2=O. The van der Waals surface area contributed by atoms with Gasteiger partial charge in [-0.05, 0) is 61.1 Å². The Morgan fingerprint density at radius 1 is 0.606 bits per heavy atom. The first-order chi connectivity index (χ1) is 15.7. The molecule has 2 aliphatic rings. The second-order valence-electron chi connectivity index (χ2n) is 7.64. The van der Waals surface area contributed by atoms with Gasteiger partial charge in [0, 0.05) is 0 Å². The van der Waals surface area contributed by atoms with E-state index in [9.17, 15) is 39.0 Å². The van der Waals surface area contributed by atoms with E-state index < -0.39 is 35.8 Å². The Kier molecular flexibility index (Phi) is 5.50. The van der Waals surface area contributed by atoms with Crippen LogP contribution >= 0.6 is 0 Å². The second kappa shape index (κ2) is 8.30. The predicted molar refractivity (Wildman–Crippen MR) is 108 cm³/mol. The average molecular weight is 452 g/mol. The van der Waals surface area contributed by atoms with Crippen LogP contribution in [0.5, 0.6) is 0 Å². The topological polar surface area (TPSA) is 161 Å². The molecule has 2 aromatic carbocycles. The molecule has 0 bridgehead atoms. The van der Waals surface area contributed by atoms with Crippen molar-refractivity contribution in [2.75, 3.05) is 0 Å². The van der Waals surface area contributed by atoms with Crippen LogP contribution in [0.15, 0.2) is 24.3 Å². The summed E-state index contributed by atoms with van der Waals surface area (Å²) >= 11 is 0. The van der Waals surface area contributed by atoms with Crippen molar-refractivity contribution in [2.45, 2.75) is 32.1 Å². The Morgan fingerprint density at radius 3 is 1.36 bits per heavy atom. The zero-order chi connectivity index (χ0) is 23.9. The van der Waals surface area contributed by atoms with Gasteiger partial charge in [0.2, 0.25) is 0 Å². The van der Waals surface area contributed by atoms with Gasteiger partial charge in [0.1, 0.15) is 0 Å². The molecule has 4 rings (SSSR count). The lowest BCUT2D eigenvalue weighted by molar-refractivity contribution is 0.0425. The second-order valence-corrected chi connectivity index (χ2v) is 7.64. The molecule has 168 valence electrons. The van der Waals surface area contributed by atoms with Crippen LogP contribution in [0.2, 0.25) is 0 Å². The Morgan fingerprint density at radius 2 is 1.00 bits per heavy atom. The fraction of sp³-hybridized carbons (Fsp3) is 0.217. The average Bonchev–Trinajstić information content (AvgIpc) is 3.22. The Hall–Kier alpha value is -4.34. The molecular formula is C23H16O10. The molecule has 0 fully saturated rings. The minimum atomic E-state index is -1.24. The van der Waals surface area contributed by atoms with Crippen LogP contribution < -0.4 is 0 Å². The van der Waals surface area contributed by atoms with Gasteiger partial charge in [-0.2, -0.15) is 0 Å². The number of cyclic esters (lactones) is 4. The summed E-state index contributed by atoms with van der Waals surface area (Å²) in [6.07, 6.45) is 2.21. The third-order valence-corrected chi connectivity index (χ3v) is 5.55. The molecule has 2 aromatic rings. The first-order valence-electron chi connectivity index (χ1n) is 10.0. The van der Waals surface area contributed by atoms with Gasteiger partial charge in [-0.3, -0.25) is 0 Å². The number of rotatable bonds is 8. The fourth-order valence-electron chi connectivity index (χ4n) is 4.04. The Balaban J connectivity index is 1.47. The third-order valence-electron chi connectivity index (χ3n) is 5.55. The highest BCUT2D eigenvalue weighted by atomic mass is 16.6. The molecule has 0 unspecified atom stereocenters. The molecule has 0 saturated carbocycles. The highest BCUT2D eigenvalue weighted by Gasteiger charge is 2.34. The number of esters is 4. The van der Waals surface area contributed by atoms with Crippen LogP contribution in [0, 0.1) is 0 Å². The van der Waals surface area contributed by atoms with E-state index in [0.717, 1.165) is 12.1 Å². The maximum Gasteiger partial charge on any atom is 0.347 e. The Bertz CT molecular complexity index is 1170. The third kappa shape index (κ3) is 3.98. The summed E-state index contributed by atoms with van der Waals surface area (Å²) in [5, 5.41) is 18.5. The minimum Gasteiger partial charge on any atom is -0.478 e.